The topological polar surface area (TPSA) is 89.3 Å². The number of aromatic nitrogens is 5. The first kappa shape index (κ1) is 18.9. The van der Waals surface area contributed by atoms with E-state index in [4.69, 9.17) is 14.8 Å². The van der Waals surface area contributed by atoms with Crippen molar-refractivity contribution in [3.8, 4) is 5.88 Å². The van der Waals surface area contributed by atoms with Crippen molar-refractivity contribution in [3.05, 3.63) is 41.3 Å². The fourth-order valence-corrected chi connectivity index (χ4v) is 4.19. The van der Waals surface area contributed by atoms with Crippen molar-refractivity contribution < 1.29 is 9.63 Å². The molecule has 1 amide bonds. The lowest BCUT2D eigenvalue weighted by atomic mass is 9.95. The summed E-state index contributed by atoms with van der Waals surface area (Å²) in [5, 5.41) is 8.31. The molecule has 0 radical (unpaired) electrons. The molecule has 0 bridgehead atoms. The molecule has 0 saturated carbocycles. The number of carbonyl (C=O) groups is 1. The zero-order valence-electron chi connectivity index (χ0n) is 17.3. The van der Waals surface area contributed by atoms with Crippen LogP contribution in [-0.4, -0.2) is 67.5 Å². The van der Waals surface area contributed by atoms with Gasteiger partial charge in [0.2, 0.25) is 5.91 Å². The van der Waals surface area contributed by atoms with Crippen LogP contribution in [-0.2, 0) is 17.8 Å². The lowest BCUT2D eigenvalue weighted by molar-refractivity contribution is -0.129. The summed E-state index contributed by atoms with van der Waals surface area (Å²) in [6.07, 6.45) is 2.76. The van der Waals surface area contributed by atoms with E-state index < -0.39 is 0 Å². The third-order valence-electron chi connectivity index (χ3n) is 6.06. The number of likely N-dealkylation sites (tertiary alicyclic amines) is 1. The number of hydrogen-bond donors (Lipinski definition) is 0. The van der Waals surface area contributed by atoms with Crippen molar-refractivity contribution in [2.75, 3.05) is 26.7 Å². The molecule has 0 N–H and O–H groups in total. The molecule has 1 aromatic carbocycles. The molecule has 3 aromatic rings. The third kappa shape index (κ3) is 3.49. The SMILES string of the molecule is CC(=O)N1CCc2nc(C3CCN(C)CC3)nc(On3nnc4ccccc43)c2C1. The highest BCUT2D eigenvalue weighted by Crippen LogP contribution is 2.31. The average Bonchev–Trinajstić information content (AvgIpc) is 3.17. The molecule has 0 unspecified atom stereocenters. The molecule has 9 heteroatoms. The Labute approximate surface area is 174 Å². The molecule has 0 spiro atoms. The van der Waals surface area contributed by atoms with E-state index in [0.29, 0.717) is 31.3 Å². The van der Waals surface area contributed by atoms with Crippen molar-refractivity contribution in [1.82, 2.24) is 34.9 Å². The zero-order chi connectivity index (χ0) is 20.7. The van der Waals surface area contributed by atoms with E-state index in [9.17, 15) is 4.79 Å². The van der Waals surface area contributed by atoms with E-state index in [-0.39, 0.29) is 5.91 Å². The van der Waals surface area contributed by atoms with Gasteiger partial charge in [-0.3, -0.25) is 4.79 Å². The first-order chi connectivity index (χ1) is 14.6. The Morgan fingerprint density at radius 3 is 2.73 bits per heavy atom. The van der Waals surface area contributed by atoms with Crippen LogP contribution in [0.15, 0.2) is 24.3 Å². The quantitative estimate of drug-likeness (QED) is 0.654. The minimum atomic E-state index is 0.0391. The maximum absolute atomic E-state index is 12.0. The van der Waals surface area contributed by atoms with Crippen LogP contribution in [0.1, 0.15) is 42.8 Å². The smallest absolute Gasteiger partial charge is 0.257 e. The van der Waals surface area contributed by atoms with Crippen LogP contribution in [0.25, 0.3) is 11.0 Å². The van der Waals surface area contributed by atoms with E-state index in [1.165, 1.54) is 4.85 Å². The summed E-state index contributed by atoms with van der Waals surface area (Å²) in [5.74, 6) is 1.65. The van der Waals surface area contributed by atoms with Crippen molar-refractivity contribution in [3.63, 3.8) is 0 Å². The van der Waals surface area contributed by atoms with Gasteiger partial charge < -0.3 is 14.6 Å². The van der Waals surface area contributed by atoms with Crippen molar-refractivity contribution in [1.29, 1.82) is 0 Å². The second-order valence-electron chi connectivity index (χ2n) is 8.12. The number of benzene rings is 1. The summed E-state index contributed by atoms with van der Waals surface area (Å²) in [6, 6.07) is 7.63. The number of amides is 1. The first-order valence-electron chi connectivity index (χ1n) is 10.4. The number of carbonyl (C=O) groups excluding carboxylic acids is 1. The molecule has 0 atom stereocenters. The zero-order valence-corrected chi connectivity index (χ0v) is 17.3. The van der Waals surface area contributed by atoms with E-state index in [1.54, 1.807) is 11.8 Å². The Balaban J connectivity index is 1.54. The van der Waals surface area contributed by atoms with Gasteiger partial charge in [0.15, 0.2) is 0 Å². The second kappa shape index (κ2) is 7.64. The van der Waals surface area contributed by atoms with Crippen LogP contribution in [0.5, 0.6) is 5.88 Å². The van der Waals surface area contributed by atoms with Gasteiger partial charge >= 0.3 is 0 Å². The Bertz CT molecular complexity index is 1090. The summed E-state index contributed by atoms with van der Waals surface area (Å²) >= 11 is 0. The molecule has 2 aliphatic rings. The molecular formula is C21H25N7O2. The normalized spacial score (nSPS) is 17.9. The predicted octanol–water partition coefficient (Wildman–Crippen LogP) is 1.78. The fraction of sp³-hybridized carbons (Fsp3) is 0.476. The van der Waals surface area contributed by atoms with Crippen molar-refractivity contribution >= 4 is 16.9 Å². The average molecular weight is 407 g/mol. The lowest BCUT2D eigenvalue weighted by Crippen LogP contribution is -2.36. The predicted molar refractivity (Wildman–Crippen MR) is 110 cm³/mol. The number of hydrogen-bond acceptors (Lipinski definition) is 7. The Morgan fingerprint density at radius 2 is 1.93 bits per heavy atom. The van der Waals surface area contributed by atoms with Crippen LogP contribution >= 0.6 is 0 Å². The number of nitrogens with zero attached hydrogens (tertiary/aromatic N) is 7. The second-order valence-corrected chi connectivity index (χ2v) is 8.12. The van der Waals surface area contributed by atoms with Gasteiger partial charge in [-0.25, -0.2) is 4.98 Å². The minimum Gasteiger partial charge on any atom is -0.338 e. The lowest BCUT2D eigenvalue weighted by Gasteiger charge is -2.31. The highest BCUT2D eigenvalue weighted by atomic mass is 16.7. The largest absolute Gasteiger partial charge is 0.338 e. The Kier molecular flexibility index (Phi) is 4.82. The van der Waals surface area contributed by atoms with Crippen LogP contribution in [0.4, 0.5) is 0 Å². The van der Waals surface area contributed by atoms with Gasteiger partial charge in [-0.2, -0.15) is 4.98 Å². The summed E-state index contributed by atoms with van der Waals surface area (Å²) in [4.78, 5) is 33.4. The van der Waals surface area contributed by atoms with Gasteiger partial charge in [-0.1, -0.05) is 17.0 Å². The maximum atomic E-state index is 12.0. The van der Waals surface area contributed by atoms with Gasteiger partial charge in [0.25, 0.3) is 5.88 Å². The maximum Gasteiger partial charge on any atom is 0.257 e. The van der Waals surface area contributed by atoms with Crippen LogP contribution < -0.4 is 4.84 Å². The van der Waals surface area contributed by atoms with Gasteiger partial charge in [0, 0.05) is 25.8 Å². The highest BCUT2D eigenvalue weighted by Gasteiger charge is 2.29. The fourth-order valence-electron chi connectivity index (χ4n) is 4.19. The minimum absolute atomic E-state index is 0.0391. The van der Waals surface area contributed by atoms with Crippen LogP contribution in [0.2, 0.25) is 0 Å². The third-order valence-corrected chi connectivity index (χ3v) is 6.06. The van der Waals surface area contributed by atoms with Gasteiger partial charge in [-0.05, 0) is 50.3 Å². The first-order valence-corrected chi connectivity index (χ1v) is 10.4. The van der Waals surface area contributed by atoms with Crippen LogP contribution in [0.3, 0.4) is 0 Å². The van der Waals surface area contributed by atoms with Gasteiger partial charge in [0.05, 0.1) is 17.8 Å². The molecule has 5 rings (SSSR count). The Hall–Kier alpha value is -3.07. The van der Waals surface area contributed by atoms with E-state index in [1.807, 2.05) is 24.3 Å². The molecule has 4 heterocycles. The number of piperidine rings is 1. The molecule has 2 aliphatic heterocycles. The Morgan fingerprint density at radius 1 is 1.13 bits per heavy atom. The van der Waals surface area contributed by atoms with E-state index in [2.05, 4.69) is 22.3 Å². The van der Waals surface area contributed by atoms with Crippen LogP contribution in [0, 0.1) is 0 Å². The van der Waals surface area contributed by atoms with E-state index >= 15 is 0 Å². The molecule has 1 saturated heterocycles. The molecular weight excluding hydrogens is 382 g/mol. The highest BCUT2D eigenvalue weighted by molar-refractivity contribution is 5.74. The van der Waals surface area contributed by atoms with Crippen molar-refractivity contribution in [2.45, 2.75) is 38.6 Å². The molecule has 0 aliphatic carbocycles. The van der Waals surface area contributed by atoms with Gasteiger partial charge in [-0.15, -0.1) is 5.10 Å². The number of para-hydroxylation sites is 1. The molecule has 30 heavy (non-hydrogen) atoms. The number of rotatable bonds is 3. The van der Waals surface area contributed by atoms with Gasteiger partial charge in [0.1, 0.15) is 16.9 Å². The standard InChI is InChI=1S/C21H25N7O2/c1-14(29)27-12-9-17-16(13-27)21(23-20(22-17)15-7-10-26(2)11-8-15)30-28-19-6-4-3-5-18(19)24-25-28/h3-6,15H,7-13H2,1-2H3. The molecule has 2 aromatic heterocycles. The molecule has 9 nitrogen and oxygen atoms in total. The summed E-state index contributed by atoms with van der Waals surface area (Å²) in [6.45, 7) is 4.77. The molecule has 1 fully saturated rings. The summed E-state index contributed by atoms with van der Waals surface area (Å²) < 4.78 is 0. The summed E-state index contributed by atoms with van der Waals surface area (Å²) in [5.41, 5.74) is 3.34. The molecule has 156 valence electrons. The monoisotopic (exact) mass is 407 g/mol. The summed E-state index contributed by atoms with van der Waals surface area (Å²) in [7, 11) is 2.14. The number of fused-ring (bicyclic) bond motifs is 2. The van der Waals surface area contributed by atoms with Crippen molar-refractivity contribution in [2.24, 2.45) is 0 Å². The van der Waals surface area contributed by atoms with E-state index in [0.717, 1.165) is 54.0 Å².